The Balaban J connectivity index is 1.63. The third-order valence-corrected chi connectivity index (χ3v) is 5.32. The number of nitrogens with one attached hydrogen (secondary N) is 2. The minimum Gasteiger partial charge on any atom is -0.352 e. The van der Waals surface area contributed by atoms with E-state index >= 15 is 0 Å². The number of thioether (sulfide) groups is 1. The Morgan fingerprint density at radius 3 is 2.71 bits per heavy atom. The molecule has 98 valence electrons. The first-order valence-electron chi connectivity index (χ1n) is 6.87. The van der Waals surface area contributed by atoms with Crippen molar-refractivity contribution in [1.82, 2.24) is 10.6 Å². The lowest BCUT2D eigenvalue weighted by Gasteiger charge is -2.22. The monoisotopic (exact) mass is 256 g/mol. The first-order valence-corrected chi connectivity index (χ1v) is 7.92. The highest BCUT2D eigenvalue weighted by Gasteiger charge is 2.25. The lowest BCUT2D eigenvalue weighted by atomic mass is 10.1. The Morgan fingerprint density at radius 2 is 2.06 bits per heavy atom. The SMILES string of the molecule is CC1CCCC1NC(=O)CSC1CCNCC1. The van der Waals surface area contributed by atoms with Crippen LogP contribution in [0.15, 0.2) is 0 Å². The normalized spacial score (nSPS) is 30.4. The second-order valence-electron chi connectivity index (χ2n) is 5.34. The molecule has 0 aromatic rings. The zero-order chi connectivity index (χ0) is 12.1. The van der Waals surface area contributed by atoms with E-state index in [4.69, 9.17) is 0 Å². The van der Waals surface area contributed by atoms with E-state index in [-0.39, 0.29) is 5.91 Å². The molecule has 1 aliphatic carbocycles. The van der Waals surface area contributed by atoms with Gasteiger partial charge in [0.25, 0.3) is 0 Å². The van der Waals surface area contributed by atoms with Crippen LogP contribution < -0.4 is 10.6 Å². The highest BCUT2D eigenvalue weighted by Crippen LogP contribution is 2.25. The number of amides is 1. The summed E-state index contributed by atoms with van der Waals surface area (Å²) in [6.45, 7) is 4.47. The summed E-state index contributed by atoms with van der Waals surface area (Å²) in [6, 6.07) is 0.441. The van der Waals surface area contributed by atoms with Crippen molar-refractivity contribution >= 4 is 17.7 Å². The third-order valence-electron chi connectivity index (χ3n) is 3.94. The third kappa shape index (κ3) is 4.18. The smallest absolute Gasteiger partial charge is 0.230 e. The maximum absolute atomic E-state index is 11.8. The van der Waals surface area contributed by atoms with E-state index < -0.39 is 0 Å². The number of carbonyl (C=O) groups excluding carboxylic acids is 1. The van der Waals surface area contributed by atoms with Crippen molar-refractivity contribution in [1.29, 1.82) is 0 Å². The molecule has 0 aromatic heterocycles. The molecule has 2 rings (SSSR count). The average molecular weight is 256 g/mol. The van der Waals surface area contributed by atoms with E-state index in [1.54, 1.807) is 0 Å². The van der Waals surface area contributed by atoms with Crippen molar-refractivity contribution in [3.63, 3.8) is 0 Å². The Kier molecular flexibility index (Phi) is 5.16. The molecule has 2 N–H and O–H groups in total. The molecular weight excluding hydrogens is 232 g/mol. The zero-order valence-corrected chi connectivity index (χ0v) is 11.5. The molecule has 0 aromatic carbocycles. The number of piperidine rings is 1. The molecular formula is C13H24N2OS. The summed E-state index contributed by atoms with van der Waals surface area (Å²) in [5.74, 6) is 1.56. The summed E-state index contributed by atoms with van der Waals surface area (Å²) in [5, 5.41) is 7.23. The standard InChI is InChI=1S/C13H24N2OS/c1-10-3-2-4-12(10)15-13(16)9-17-11-5-7-14-8-6-11/h10-12,14H,2-9H2,1H3,(H,15,16). The summed E-state index contributed by atoms with van der Waals surface area (Å²) >= 11 is 1.84. The van der Waals surface area contributed by atoms with Crippen molar-refractivity contribution in [2.75, 3.05) is 18.8 Å². The first-order chi connectivity index (χ1) is 8.25. The van der Waals surface area contributed by atoms with Gasteiger partial charge in [-0.3, -0.25) is 4.79 Å². The van der Waals surface area contributed by atoms with Gasteiger partial charge in [-0.15, -0.1) is 11.8 Å². The maximum Gasteiger partial charge on any atom is 0.230 e. The van der Waals surface area contributed by atoms with Crippen LogP contribution in [0.2, 0.25) is 0 Å². The molecule has 1 saturated carbocycles. The molecule has 1 amide bonds. The quantitative estimate of drug-likeness (QED) is 0.805. The van der Waals surface area contributed by atoms with Gasteiger partial charge in [0.2, 0.25) is 5.91 Å². The second-order valence-corrected chi connectivity index (χ2v) is 6.63. The van der Waals surface area contributed by atoms with Gasteiger partial charge in [0.05, 0.1) is 5.75 Å². The van der Waals surface area contributed by atoms with Gasteiger partial charge in [0.1, 0.15) is 0 Å². The molecule has 3 nitrogen and oxygen atoms in total. The van der Waals surface area contributed by atoms with Crippen LogP contribution in [0.4, 0.5) is 0 Å². The lowest BCUT2D eigenvalue weighted by Crippen LogP contribution is -2.38. The minimum atomic E-state index is 0.243. The van der Waals surface area contributed by atoms with Crippen LogP contribution in [0.3, 0.4) is 0 Å². The van der Waals surface area contributed by atoms with E-state index in [0.717, 1.165) is 13.1 Å². The number of hydrogen-bond acceptors (Lipinski definition) is 3. The summed E-state index contributed by atoms with van der Waals surface area (Å²) in [4.78, 5) is 11.8. The first kappa shape index (κ1) is 13.2. The van der Waals surface area contributed by atoms with Gasteiger partial charge < -0.3 is 10.6 Å². The molecule has 0 spiro atoms. The van der Waals surface area contributed by atoms with E-state index in [9.17, 15) is 4.79 Å². The molecule has 1 saturated heterocycles. The Morgan fingerprint density at radius 1 is 1.29 bits per heavy atom. The summed E-state index contributed by atoms with van der Waals surface area (Å²) in [6.07, 6.45) is 6.13. The zero-order valence-electron chi connectivity index (χ0n) is 10.7. The van der Waals surface area contributed by atoms with Gasteiger partial charge in [-0.2, -0.15) is 0 Å². The fourth-order valence-corrected chi connectivity index (χ4v) is 3.80. The molecule has 17 heavy (non-hydrogen) atoms. The van der Waals surface area contributed by atoms with Crippen molar-refractivity contribution in [3.05, 3.63) is 0 Å². The topological polar surface area (TPSA) is 41.1 Å². The van der Waals surface area contributed by atoms with E-state index in [1.165, 1.54) is 32.1 Å². The van der Waals surface area contributed by atoms with Gasteiger partial charge in [0, 0.05) is 11.3 Å². The predicted octanol–water partition coefficient (Wildman–Crippen LogP) is 1.78. The van der Waals surface area contributed by atoms with Gasteiger partial charge in [-0.05, 0) is 44.7 Å². The van der Waals surface area contributed by atoms with Crippen molar-refractivity contribution < 1.29 is 4.79 Å². The van der Waals surface area contributed by atoms with Crippen LogP contribution in [-0.4, -0.2) is 36.0 Å². The lowest BCUT2D eigenvalue weighted by molar-refractivity contribution is -0.119. The molecule has 1 heterocycles. The summed E-state index contributed by atoms with van der Waals surface area (Å²) in [5.41, 5.74) is 0. The molecule has 0 bridgehead atoms. The van der Waals surface area contributed by atoms with Crippen LogP contribution in [0, 0.1) is 5.92 Å². The van der Waals surface area contributed by atoms with Gasteiger partial charge in [-0.25, -0.2) is 0 Å². The molecule has 2 atom stereocenters. The fourth-order valence-electron chi connectivity index (χ4n) is 2.76. The molecule has 2 fully saturated rings. The van der Waals surface area contributed by atoms with E-state index in [2.05, 4.69) is 17.6 Å². The van der Waals surface area contributed by atoms with Crippen LogP contribution >= 0.6 is 11.8 Å². The van der Waals surface area contributed by atoms with Crippen molar-refractivity contribution in [2.45, 2.75) is 50.3 Å². The summed E-state index contributed by atoms with van der Waals surface area (Å²) in [7, 11) is 0. The molecule has 2 aliphatic rings. The molecule has 0 radical (unpaired) electrons. The molecule has 2 unspecified atom stereocenters. The van der Waals surface area contributed by atoms with Gasteiger partial charge in [-0.1, -0.05) is 13.3 Å². The van der Waals surface area contributed by atoms with E-state index in [0.29, 0.717) is 23.0 Å². The van der Waals surface area contributed by atoms with Gasteiger partial charge >= 0.3 is 0 Å². The number of hydrogen-bond donors (Lipinski definition) is 2. The Bertz CT molecular complexity index is 254. The van der Waals surface area contributed by atoms with Crippen molar-refractivity contribution in [3.8, 4) is 0 Å². The van der Waals surface area contributed by atoms with Crippen LogP contribution in [-0.2, 0) is 4.79 Å². The molecule has 4 heteroatoms. The number of carbonyl (C=O) groups is 1. The van der Waals surface area contributed by atoms with E-state index in [1.807, 2.05) is 11.8 Å². The largest absolute Gasteiger partial charge is 0.352 e. The van der Waals surface area contributed by atoms with Crippen LogP contribution in [0.1, 0.15) is 39.0 Å². The highest BCUT2D eigenvalue weighted by atomic mass is 32.2. The summed E-state index contributed by atoms with van der Waals surface area (Å²) < 4.78 is 0. The minimum absolute atomic E-state index is 0.243. The van der Waals surface area contributed by atoms with Crippen LogP contribution in [0.25, 0.3) is 0 Å². The average Bonchev–Trinajstić information content (AvgIpc) is 2.74. The highest BCUT2D eigenvalue weighted by molar-refractivity contribution is 8.00. The molecule has 1 aliphatic heterocycles. The Hall–Kier alpha value is -0.220. The second kappa shape index (κ2) is 6.64. The predicted molar refractivity (Wildman–Crippen MR) is 73.3 cm³/mol. The number of rotatable bonds is 4. The van der Waals surface area contributed by atoms with Crippen molar-refractivity contribution in [2.24, 2.45) is 5.92 Å². The maximum atomic E-state index is 11.8. The van der Waals surface area contributed by atoms with Gasteiger partial charge in [0.15, 0.2) is 0 Å². The van der Waals surface area contributed by atoms with Crippen LogP contribution in [0.5, 0.6) is 0 Å². The Labute approximate surface area is 108 Å². The fraction of sp³-hybridized carbons (Fsp3) is 0.923.